The highest BCUT2D eigenvalue weighted by Crippen LogP contribution is 2.25. The standard InChI is InChI=1S/C17H18ClNO4S/c1-12-15(18)8-5-9-16(12)24(21,22)19(2)11-13-6-4-7-14(10-13)17(20)23-3/h4-10H,11H2,1-3H3. The number of carbonyl (C=O) groups excluding carboxylic acids is 1. The van der Waals surface area contributed by atoms with E-state index in [-0.39, 0.29) is 11.4 Å². The number of hydrogen-bond donors (Lipinski definition) is 0. The summed E-state index contributed by atoms with van der Waals surface area (Å²) >= 11 is 6.02. The molecule has 7 heteroatoms. The summed E-state index contributed by atoms with van der Waals surface area (Å²) in [7, 11) is -0.911. The van der Waals surface area contributed by atoms with Crippen LogP contribution in [0.2, 0.25) is 5.02 Å². The van der Waals surface area contributed by atoms with Crippen molar-refractivity contribution in [2.75, 3.05) is 14.2 Å². The van der Waals surface area contributed by atoms with E-state index in [0.717, 1.165) is 0 Å². The first-order valence-electron chi connectivity index (χ1n) is 7.16. The highest BCUT2D eigenvalue weighted by Gasteiger charge is 2.24. The molecule has 0 N–H and O–H groups in total. The summed E-state index contributed by atoms with van der Waals surface area (Å²) in [4.78, 5) is 11.8. The van der Waals surface area contributed by atoms with E-state index in [9.17, 15) is 13.2 Å². The molecule has 0 aromatic heterocycles. The Labute approximate surface area is 146 Å². The second kappa shape index (κ2) is 7.34. The van der Waals surface area contributed by atoms with Gasteiger partial charge in [-0.05, 0) is 42.3 Å². The van der Waals surface area contributed by atoms with Crippen LogP contribution in [0.15, 0.2) is 47.4 Å². The predicted molar refractivity (Wildman–Crippen MR) is 92.6 cm³/mol. The molecule has 0 amide bonds. The van der Waals surface area contributed by atoms with Crippen molar-refractivity contribution in [3.8, 4) is 0 Å². The summed E-state index contributed by atoms with van der Waals surface area (Å²) in [6.45, 7) is 1.79. The molecule has 0 unspecified atom stereocenters. The summed E-state index contributed by atoms with van der Waals surface area (Å²) in [5.74, 6) is -0.465. The van der Waals surface area contributed by atoms with Crippen LogP contribution in [0.5, 0.6) is 0 Å². The second-order valence-electron chi connectivity index (χ2n) is 5.32. The van der Waals surface area contributed by atoms with E-state index >= 15 is 0 Å². The van der Waals surface area contributed by atoms with Crippen LogP contribution in [-0.4, -0.2) is 32.8 Å². The minimum Gasteiger partial charge on any atom is -0.465 e. The smallest absolute Gasteiger partial charge is 0.337 e. The van der Waals surface area contributed by atoms with E-state index in [1.54, 1.807) is 43.3 Å². The lowest BCUT2D eigenvalue weighted by atomic mass is 10.1. The third-order valence-corrected chi connectivity index (χ3v) is 6.02. The lowest BCUT2D eigenvalue weighted by Gasteiger charge is -2.19. The lowest BCUT2D eigenvalue weighted by Crippen LogP contribution is -2.27. The fourth-order valence-electron chi connectivity index (χ4n) is 2.29. The van der Waals surface area contributed by atoms with Crippen LogP contribution in [0.4, 0.5) is 0 Å². The number of halogens is 1. The maximum Gasteiger partial charge on any atom is 0.337 e. The lowest BCUT2D eigenvalue weighted by molar-refractivity contribution is 0.0600. The van der Waals surface area contributed by atoms with Crippen LogP contribution in [0.25, 0.3) is 0 Å². The topological polar surface area (TPSA) is 63.7 Å². The molecule has 0 spiro atoms. The Morgan fingerprint density at radius 3 is 2.54 bits per heavy atom. The number of rotatable bonds is 5. The summed E-state index contributed by atoms with van der Waals surface area (Å²) in [6.07, 6.45) is 0. The molecule has 0 fully saturated rings. The summed E-state index contributed by atoms with van der Waals surface area (Å²) in [6, 6.07) is 11.4. The molecular weight excluding hydrogens is 350 g/mol. The van der Waals surface area contributed by atoms with Crippen LogP contribution < -0.4 is 0 Å². The van der Waals surface area contributed by atoms with Crippen LogP contribution in [0.1, 0.15) is 21.5 Å². The number of carbonyl (C=O) groups is 1. The van der Waals surface area contributed by atoms with E-state index in [4.69, 9.17) is 11.6 Å². The zero-order chi connectivity index (χ0) is 17.9. The zero-order valence-electron chi connectivity index (χ0n) is 13.6. The van der Waals surface area contributed by atoms with Gasteiger partial charge in [-0.25, -0.2) is 13.2 Å². The minimum absolute atomic E-state index is 0.124. The summed E-state index contributed by atoms with van der Waals surface area (Å²) < 4.78 is 31.4. The number of nitrogens with zero attached hydrogens (tertiary/aromatic N) is 1. The quantitative estimate of drug-likeness (QED) is 0.761. The Morgan fingerprint density at radius 1 is 1.21 bits per heavy atom. The van der Waals surface area contributed by atoms with Gasteiger partial charge in [-0.2, -0.15) is 4.31 Å². The molecule has 0 heterocycles. The Bertz CT molecular complexity index is 865. The first-order chi connectivity index (χ1) is 11.3. The fraction of sp³-hybridized carbons (Fsp3) is 0.235. The summed E-state index contributed by atoms with van der Waals surface area (Å²) in [5, 5.41) is 0.400. The van der Waals surface area contributed by atoms with Crippen LogP contribution in [-0.2, 0) is 21.3 Å². The van der Waals surface area contributed by atoms with Gasteiger partial charge in [0.05, 0.1) is 17.6 Å². The Morgan fingerprint density at radius 2 is 1.88 bits per heavy atom. The van der Waals surface area contributed by atoms with Gasteiger partial charge in [-0.1, -0.05) is 29.8 Å². The fourth-order valence-corrected chi connectivity index (χ4v) is 3.92. The number of ether oxygens (including phenoxy) is 1. The van der Waals surface area contributed by atoms with Gasteiger partial charge in [-0.15, -0.1) is 0 Å². The maximum absolute atomic E-state index is 12.8. The van der Waals surface area contributed by atoms with Gasteiger partial charge < -0.3 is 4.74 Å². The van der Waals surface area contributed by atoms with Crippen molar-refractivity contribution in [3.63, 3.8) is 0 Å². The van der Waals surface area contributed by atoms with Crippen molar-refractivity contribution in [1.82, 2.24) is 4.31 Å². The van der Waals surface area contributed by atoms with Crippen molar-refractivity contribution in [2.24, 2.45) is 0 Å². The van der Waals surface area contributed by atoms with Crippen LogP contribution in [0.3, 0.4) is 0 Å². The van der Waals surface area contributed by atoms with E-state index in [0.29, 0.717) is 21.7 Å². The third-order valence-electron chi connectivity index (χ3n) is 3.66. The average molecular weight is 368 g/mol. The zero-order valence-corrected chi connectivity index (χ0v) is 15.2. The maximum atomic E-state index is 12.8. The molecule has 0 aliphatic rings. The molecule has 0 saturated heterocycles. The van der Waals surface area contributed by atoms with Gasteiger partial charge in [0, 0.05) is 18.6 Å². The molecule has 2 rings (SSSR count). The van der Waals surface area contributed by atoms with E-state index in [1.807, 2.05) is 0 Å². The molecule has 128 valence electrons. The molecule has 0 atom stereocenters. The number of methoxy groups -OCH3 is 1. The Balaban J connectivity index is 2.30. The molecule has 0 radical (unpaired) electrons. The van der Waals surface area contributed by atoms with Gasteiger partial charge in [0.1, 0.15) is 0 Å². The van der Waals surface area contributed by atoms with Gasteiger partial charge in [0.2, 0.25) is 10.0 Å². The molecule has 5 nitrogen and oxygen atoms in total. The number of sulfonamides is 1. The molecular formula is C17H18ClNO4S. The van der Waals surface area contributed by atoms with Crippen molar-refractivity contribution in [1.29, 1.82) is 0 Å². The van der Waals surface area contributed by atoms with Crippen molar-refractivity contribution >= 4 is 27.6 Å². The average Bonchev–Trinajstić information content (AvgIpc) is 2.56. The van der Waals surface area contributed by atoms with Crippen LogP contribution >= 0.6 is 11.6 Å². The molecule has 0 saturated carbocycles. The molecule has 0 bridgehead atoms. The predicted octanol–water partition coefficient (Wildman–Crippen LogP) is 3.26. The van der Waals surface area contributed by atoms with Gasteiger partial charge >= 0.3 is 5.97 Å². The van der Waals surface area contributed by atoms with Crippen molar-refractivity contribution in [2.45, 2.75) is 18.4 Å². The Kier molecular flexibility index (Phi) is 5.64. The highest BCUT2D eigenvalue weighted by atomic mass is 35.5. The second-order valence-corrected chi connectivity index (χ2v) is 7.74. The first kappa shape index (κ1) is 18.4. The monoisotopic (exact) mass is 367 g/mol. The summed E-state index contributed by atoms with van der Waals surface area (Å²) in [5.41, 5.74) is 1.57. The Hall–Kier alpha value is -1.89. The minimum atomic E-state index is -3.70. The largest absolute Gasteiger partial charge is 0.465 e. The van der Waals surface area contributed by atoms with E-state index < -0.39 is 16.0 Å². The SMILES string of the molecule is COC(=O)c1cccc(CN(C)S(=O)(=O)c2cccc(Cl)c2C)c1. The van der Waals surface area contributed by atoms with Crippen molar-refractivity contribution < 1.29 is 17.9 Å². The first-order valence-corrected chi connectivity index (χ1v) is 8.98. The van der Waals surface area contributed by atoms with Crippen molar-refractivity contribution in [3.05, 3.63) is 64.2 Å². The molecule has 0 aliphatic heterocycles. The van der Waals surface area contributed by atoms with Gasteiger partial charge in [0.25, 0.3) is 0 Å². The normalized spacial score (nSPS) is 11.5. The van der Waals surface area contributed by atoms with Gasteiger partial charge in [-0.3, -0.25) is 0 Å². The number of benzene rings is 2. The molecule has 24 heavy (non-hydrogen) atoms. The number of esters is 1. The molecule has 2 aromatic carbocycles. The molecule has 2 aromatic rings. The van der Waals surface area contributed by atoms with Gasteiger partial charge in [0.15, 0.2) is 0 Å². The molecule has 0 aliphatic carbocycles. The van der Waals surface area contributed by atoms with E-state index in [1.165, 1.54) is 24.5 Å². The number of hydrogen-bond acceptors (Lipinski definition) is 4. The third kappa shape index (κ3) is 3.77. The highest BCUT2D eigenvalue weighted by molar-refractivity contribution is 7.89. The van der Waals surface area contributed by atoms with Crippen LogP contribution in [0, 0.1) is 6.92 Å². The van der Waals surface area contributed by atoms with E-state index in [2.05, 4.69) is 4.74 Å².